The first kappa shape index (κ1) is 17.2. The number of urea groups is 1. The number of carbonyl (C=O) groups is 1. The number of aromatic nitrogens is 2. The maximum atomic E-state index is 12.0. The number of amides is 2. The molecule has 3 heterocycles. The van der Waals surface area contributed by atoms with Gasteiger partial charge < -0.3 is 20.1 Å². The van der Waals surface area contributed by atoms with Crippen LogP contribution >= 0.6 is 0 Å². The van der Waals surface area contributed by atoms with Crippen molar-refractivity contribution in [2.75, 3.05) is 25.1 Å². The fourth-order valence-corrected chi connectivity index (χ4v) is 2.47. The number of anilines is 1. The SMILES string of the molecule is Cc1ccc(CCNC(=O)Nc2ccnc(O[C@H]3CCOC3)c2)cn1. The summed E-state index contributed by atoms with van der Waals surface area (Å²) < 4.78 is 11.0. The van der Waals surface area contributed by atoms with Crippen molar-refractivity contribution < 1.29 is 14.3 Å². The van der Waals surface area contributed by atoms with Gasteiger partial charge in [-0.3, -0.25) is 4.98 Å². The normalized spacial score (nSPS) is 16.4. The summed E-state index contributed by atoms with van der Waals surface area (Å²) in [5.41, 5.74) is 2.71. The molecule has 2 aromatic rings. The van der Waals surface area contributed by atoms with Gasteiger partial charge >= 0.3 is 6.03 Å². The zero-order valence-electron chi connectivity index (χ0n) is 14.2. The summed E-state index contributed by atoms with van der Waals surface area (Å²) in [6, 6.07) is 7.15. The molecule has 1 fully saturated rings. The van der Waals surface area contributed by atoms with Gasteiger partial charge in [-0.25, -0.2) is 9.78 Å². The number of pyridine rings is 2. The lowest BCUT2D eigenvalue weighted by Gasteiger charge is -2.12. The summed E-state index contributed by atoms with van der Waals surface area (Å²) in [5, 5.41) is 5.61. The van der Waals surface area contributed by atoms with Gasteiger partial charge in [0.1, 0.15) is 6.10 Å². The summed E-state index contributed by atoms with van der Waals surface area (Å²) in [4.78, 5) is 20.4. The lowest BCUT2D eigenvalue weighted by atomic mass is 10.2. The number of nitrogens with one attached hydrogen (secondary N) is 2. The molecular weight excluding hydrogens is 320 g/mol. The van der Waals surface area contributed by atoms with E-state index in [2.05, 4.69) is 20.6 Å². The third-order valence-electron chi connectivity index (χ3n) is 3.84. The number of hydrogen-bond acceptors (Lipinski definition) is 5. The number of hydrogen-bond donors (Lipinski definition) is 2. The first-order chi connectivity index (χ1) is 12.2. The number of ether oxygens (including phenoxy) is 2. The number of carbonyl (C=O) groups excluding carboxylic acids is 1. The second-order valence-electron chi connectivity index (χ2n) is 5.92. The van der Waals surface area contributed by atoms with Gasteiger partial charge in [-0.1, -0.05) is 6.07 Å². The van der Waals surface area contributed by atoms with Crippen LogP contribution in [0.1, 0.15) is 17.7 Å². The van der Waals surface area contributed by atoms with Crippen LogP contribution < -0.4 is 15.4 Å². The number of aryl methyl sites for hydroxylation is 1. The van der Waals surface area contributed by atoms with Crippen molar-refractivity contribution in [3.63, 3.8) is 0 Å². The first-order valence-electron chi connectivity index (χ1n) is 8.36. The van der Waals surface area contributed by atoms with Gasteiger partial charge in [0, 0.05) is 42.8 Å². The summed E-state index contributed by atoms with van der Waals surface area (Å²) in [6.07, 6.45) is 5.05. The molecule has 2 amide bonds. The van der Waals surface area contributed by atoms with Crippen LogP contribution in [0.2, 0.25) is 0 Å². The molecule has 2 aromatic heterocycles. The van der Waals surface area contributed by atoms with Gasteiger partial charge in [0.05, 0.1) is 13.2 Å². The van der Waals surface area contributed by atoms with E-state index < -0.39 is 0 Å². The minimum absolute atomic E-state index is 0.0275. The van der Waals surface area contributed by atoms with E-state index in [0.29, 0.717) is 31.3 Å². The fraction of sp³-hybridized carbons (Fsp3) is 0.389. The van der Waals surface area contributed by atoms with Crippen LogP contribution in [-0.4, -0.2) is 41.9 Å². The molecule has 3 rings (SSSR count). The topological polar surface area (TPSA) is 85.4 Å². The second-order valence-corrected chi connectivity index (χ2v) is 5.92. The molecule has 132 valence electrons. The molecule has 0 unspecified atom stereocenters. The van der Waals surface area contributed by atoms with Crippen molar-refractivity contribution in [1.29, 1.82) is 0 Å². The second kappa shape index (κ2) is 8.43. The maximum Gasteiger partial charge on any atom is 0.319 e. The molecule has 1 atom stereocenters. The third-order valence-corrected chi connectivity index (χ3v) is 3.84. The Kier molecular flexibility index (Phi) is 5.79. The Labute approximate surface area is 146 Å². The fourth-order valence-electron chi connectivity index (χ4n) is 2.47. The van der Waals surface area contributed by atoms with Gasteiger partial charge in [0.25, 0.3) is 0 Å². The Morgan fingerprint density at radius 3 is 3.04 bits per heavy atom. The van der Waals surface area contributed by atoms with Crippen LogP contribution in [0, 0.1) is 6.92 Å². The van der Waals surface area contributed by atoms with Crippen molar-refractivity contribution in [3.8, 4) is 5.88 Å². The average Bonchev–Trinajstić information content (AvgIpc) is 3.10. The van der Waals surface area contributed by atoms with Crippen LogP contribution in [0.25, 0.3) is 0 Å². The zero-order chi connectivity index (χ0) is 17.5. The van der Waals surface area contributed by atoms with E-state index in [1.54, 1.807) is 18.3 Å². The quantitative estimate of drug-likeness (QED) is 0.841. The monoisotopic (exact) mass is 342 g/mol. The van der Waals surface area contributed by atoms with Crippen LogP contribution in [0.4, 0.5) is 10.5 Å². The van der Waals surface area contributed by atoms with Gasteiger partial charge in [-0.05, 0) is 31.0 Å². The summed E-state index contributed by atoms with van der Waals surface area (Å²) in [5.74, 6) is 0.485. The van der Waals surface area contributed by atoms with E-state index in [1.165, 1.54) is 0 Å². The predicted molar refractivity (Wildman–Crippen MR) is 93.8 cm³/mol. The third kappa shape index (κ3) is 5.42. The van der Waals surface area contributed by atoms with E-state index >= 15 is 0 Å². The molecule has 2 N–H and O–H groups in total. The van der Waals surface area contributed by atoms with Crippen LogP contribution in [-0.2, 0) is 11.2 Å². The number of nitrogens with zero attached hydrogens (tertiary/aromatic N) is 2. The van der Waals surface area contributed by atoms with Crippen LogP contribution in [0.3, 0.4) is 0 Å². The molecule has 1 saturated heterocycles. The van der Waals surface area contributed by atoms with E-state index in [4.69, 9.17) is 9.47 Å². The largest absolute Gasteiger partial charge is 0.472 e. The maximum absolute atomic E-state index is 12.0. The highest BCUT2D eigenvalue weighted by Crippen LogP contribution is 2.18. The van der Waals surface area contributed by atoms with Crippen LogP contribution in [0.5, 0.6) is 5.88 Å². The highest BCUT2D eigenvalue weighted by molar-refractivity contribution is 5.89. The van der Waals surface area contributed by atoms with Crippen molar-refractivity contribution in [3.05, 3.63) is 47.9 Å². The predicted octanol–water partition coefficient (Wildman–Crippen LogP) is 2.32. The number of rotatable bonds is 6. The summed E-state index contributed by atoms with van der Waals surface area (Å²) in [6.45, 7) is 3.77. The highest BCUT2D eigenvalue weighted by atomic mass is 16.5. The lowest BCUT2D eigenvalue weighted by Crippen LogP contribution is -2.30. The summed E-state index contributed by atoms with van der Waals surface area (Å²) >= 11 is 0. The van der Waals surface area contributed by atoms with Gasteiger partial charge in [-0.15, -0.1) is 0 Å². The van der Waals surface area contributed by atoms with Gasteiger partial charge in [0.15, 0.2) is 0 Å². The van der Waals surface area contributed by atoms with Crippen LogP contribution in [0.15, 0.2) is 36.7 Å². The molecule has 1 aliphatic heterocycles. The Balaban J connectivity index is 1.44. The molecule has 0 aromatic carbocycles. The first-order valence-corrected chi connectivity index (χ1v) is 8.36. The molecule has 0 saturated carbocycles. The van der Waals surface area contributed by atoms with E-state index in [9.17, 15) is 4.79 Å². The molecule has 1 aliphatic rings. The minimum Gasteiger partial charge on any atom is -0.472 e. The lowest BCUT2D eigenvalue weighted by molar-refractivity contribution is 0.138. The van der Waals surface area contributed by atoms with Crippen molar-refractivity contribution >= 4 is 11.7 Å². The smallest absolute Gasteiger partial charge is 0.319 e. The summed E-state index contributed by atoms with van der Waals surface area (Å²) in [7, 11) is 0. The Morgan fingerprint density at radius 2 is 2.28 bits per heavy atom. The van der Waals surface area contributed by atoms with Crippen molar-refractivity contribution in [2.45, 2.75) is 25.9 Å². The molecule has 0 spiro atoms. The van der Waals surface area contributed by atoms with Gasteiger partial charge in [-0.2, -0.15) is 0 Å². The molecule has 0 bridgehead atoms. The average molecular weight is 342 g/mol. The van der Waals surface area contributed by atoms with E-state index in [1.807, 2.05) is 25.3 Å². The van der Waals surface area contributed by atoms with Crippen molar-refractivity contribution in [1.82, 2.24) is 15.3 Å². The Bertz CT molecular complexity index is 700. The Morgan fingerprint density at radius 1 is 1.36 bits per heavy atom. The zero-order valence-corrected chi connectivity index (χ0v) is 14.2. The minimum atomic E-state index is -0.263. The molecular formula is C18H22N4O3. The molecule has 7 nitrogen and oxygen atoms in total. The Hall–Kier alpha value is -2.67. The van der Waals surface area contributed by atoms with E-state index in [-0.39, 0.29) is 12.1 Å². The standard InChI is InChI=1S/C18H22N4O3/c1-13-2-3-14(11-21-13)4-7-20-18(23)22-15-5-8-19-17(10-15)25-16-6-9-24-12-16/h2-3,5,8,10-11,16H,4,6-7,9,12H2,1H3,(H2,19,20,22,23)/t16-/m0/s1. The van der Waals surface area contributed by atoms with Crippen molar-refractivity contribution in [2.24, 2.45) is 0 Å². The van der Waals surface area contributed by atoms with Gasteiger partial charge in [0.2, 0.25) is 5.88 Å². The van der Waals surface area contributed by atoms with E-state index in [0.717, 1.165) is 24.1 Å². The molecule has 7 heteroatoms. The molecule has 25 heavy (non-hydrogen) atoms. The highest BCUT2D eigenvalue weighted by Gasteiger charge is 2.17. The molecule has 0 aliphatic carbocycles. The molecule has 0 radical (unpaired) electrons.